The third-order valence-corrected chi connectivity index (χ3v) is 6.17. The van der Waals surface area contributed by atoms with E-state index >= 15 is 0 Å². The second kappa shape index (κ2) is 10.6. The van der Waals surface area contributed by atoms with Crippen LogP contribution in [0.1, 0.15) is 38.0 Å². The van der Waals surface area contributed by atoms with Crippen LogP contribution in [0.3, 0.4) is 0 Å². The number of rotatable bonds is 9. The second-order valence-electron chi connectivity index (χ2n) is 5.93. The van der Waals surface area contributed by atoms with E-state index < -0.39 is 10.0 Å². The van der Waals surface area contributed by atoms with Crippen LogP contribution in [0.4, 0.5) is 0 Å². The van der Waals surface area contributed by atoms with Crippen molar-refractivity contribution in [3.05, 3.63) is 41.5 Å². The van der Waals surface area contributed by atoms with Crippen LogP contribution in [0.2, 0.25) is 0 Å². The maximum Gasteiger partial charge on any atom is 0.250 e. The number of halogens is 1. The van der Waals surface area contributed by atoms with Crippen LogP contribution in [-0.2, 0) is 16.4 Å². The van der Waals surface area contributed by atoms with Crippen molar-refractivity contribution in [1.82, 2.24) is 19.8 Å². The van der Waals surface area contributed by atoms with Gasteiger partial charge in [-0.25, -0.2) is 8.42 Å². The van der Waals surface area contributed by atoms with Gasteiger partial charge in [0, 0.05) is 31.6 Å². The van der Waals surface area contributed by atoms with E-state index in [-0.39, 0.29) is 18.4 Å². The van der Waals surface area contributed by atoms with Gasteiger partial charge in [-0.3, -0.25) is 0 Å². The molecule has 0 spiro atoms. The summed E-state index contributed by atoms with van der Waals surface area (Å²) in [5.41, 5.74) is 0.854. The van der Waals surface area contributed by atoms with E-state index in [4.69, 9.17) is 4.52 Å². The Labute approximate surface area is 167 Å². The Morgan fingerprint density at radius 2 is 1.81 bits per heavy atom. The first kappa shape index (κ1) is 23.3. The Morgan fingerprint density at radius 1 is 1.19 bits per heavy atom. The van der Waals surface area contributed by atoms with Crippen molar-refractivity contribution in [2.24, 2.45) is 0 Å². The summed E-state index contributed by atoms with van der Waals surface area (Å²) in [4.78, 5) is 4.60. The molecule has 7 nitrogen and oxygen atoms in total. The quantitative estimate of drug-likeness (QED) is 0.678. The molecule has 0 aliphatic heterocycles. The third-order valence-electron chi connectivity index (χ3n) is 4.11. The molecule has 1 aromatic carbocycles. The number of aromatic nitrogens is 2. The highest BCUT2D eigenvalue weighted by atomic mass is 35.5. The summed E-state index contributed by atoms with van der Waals surface area (Å²) in [6, 6.07) is 7.01. The molecular weight excluding hydrogens is 388 g/mol. The minimum absolute atomic E-state index is 0. The molecule has 2 aromatic rings. The number of nitrogens with one attached hydrogen (secondary N) is 1. The number of hydrogen-bond donors (Lipinski definition) is 1. The van der Waals surface area contributed by atoms with Gasteiger partial charge in [-0.15, -0.1) is 12.4 Å². The number of nitrogens with zero attached hydrogens (tertiary/aromatic N) is 3. The number of likely N-dealkylation sites (N-methyl/N-ethyl adjacent to an activating group) is 1. The van der Waals surface area contributed by atoms with Gasteiger partial charge >= 0.3 is 0 Å². The summed E-state index contributed by atoms with van der Waals surface area (Å²) in [6.07, 6.45) is 4.22. The predicted octanol–water partition coefficient (Wildman–Crippen LogP) is 2.84. The molecule has 0 saturated heterocycles. The smallest absolute Gasteiger partial charge is 0.250 e. The summed E-state index contributed by atoms with van der Waals surface area (Å²) in [6.45, 7) is 6.60. The molecule has 2 rings (SSSR count). The van der Waals surface area contributed by atoms with Crippen molar-refractivity contribution in [1.29, 1.82) is 0 Å². The average Bonchev–Trinajstić information content (AvgIpc) is 3.08. The van der Waals surface area contributed by atoms with Crippen molar-refractivity contribution in [3.63, 3.8) is 0 Å². The molecular formula is C18H27ClN4O3S. The molecule has 1 heterocycles. The lowest BCUT2D eigenvalue weighted by Gasteiger charge is -2.18. The fourth-order valence-electron chi connectivity index (χ4n) is 2.43. The zero-order valence-electron chi connectivity index (χ0n) is 16.0. The normalized spacial score (nSPS) is 13.1. The Balaban J connectivity index is 0.00000364. The molecule has 0 aliphatic rings. The Bertz CT molecular complexity index is 831. The SMILES string of the molecule is CCN(CC)S(=O)(=O)c1ccc(/C=C/c2nc(CC(C)NC)no2)cc1.Cl. The zero-order chi connectivity index (χ0) is 19.2. The summed E-state index contributed by atoms with van der Waals surface area (Å²) < 4.78 is 31.6. The van der Waals surface area contributed by atoms with Gasteiger partial charge in [0.25, 0.3) is 5.89 Å². The van der Waals surface area contributed by atoms with E-state index in [0.717, 1.165) is 5.56 Å². The van der Waals surface area contributed by atoms with Gasteiger partial charge in [-0.1, -0.05) is 31.1 Å². The van der Waals surface area contributed by atoms with Crippen LogP contribution in [-0.4, -0.2) is 49.0 Å². The fraction of sp³-hybridized carbons (Fsp3) is 0.444. The Morgan fingerprint density at radius 3 is 2.37 bits per heavy atom. The lowest BCUT2D eigenvalue weighted by atomic mass is 10.2. The summed E-state index contributed by atoms with van der Waals surface area (Å²) >= 11 is 0. The van der Waals surface area contributed by atoms with Crippen molar-refractivity contribution in [2.75, 3.05) is 20.1 Å². The monoisotopic (exact) mass is 414 g/mol. The van der Waals surface area contributed by atoms with E-state index in [1.165, 1.54) is 4.31 Å². The maximum absolute atomic E-state index is 12.5. The largest absolute Gasteiger partial charge is 0.335 e. The zero-order valence-corrected chi connectivity index (χ0v) is 17.7. The molecule has 0 radical (unpaired) electrons. The highest BCUT2D eigenvalue weighted by molar-refractivity contribution is 7.89. The first-order chi connectivity index (χ1) is 12.4. The van der Waals surface area contributed by atoms with Crippen LogP contribution in [0.25, 0.3) is 12.2 Å². The van der Waals surface area contributed by atoms with Crippen LogP contribution in [0.5, 0.6) is 0 Å². The minimum atomic E-state index is -3.43. The standard InChI is InChI=1S/C18H26N4O3S.ClH/c1-5-22(6-2)26(23,24)16-10-7-15(8-11-16)9-12-18-20-17(21-25-18)13-14(3)19-4;/h7-12,14,19H,5-6,13H2,1-4H3;1H/b12-9+;. The molecule has 0 amide bonds. The Hall–Kier alpha value is -1.74. The van der Waals surface area contributed by atoms with Crippen molar-refractivity contribution >= 4 is 34.6 Å². The van der Waals surface area contributed by atoms with Gasteiger partial charge in [0.05, 0.1) is 4.90 Å². The first-order valence-corrected chi connectivity index (χ1v) is 10.1. The third kappa shape index (κ3) is 6.14. The highest BCUT2D eigenvalue weighted by Gasteiger charge is 2.20. The molecule has 0 saturated carbocycles. The van der Waals surface area contributed by atoms with E-state index in [0.29, 0.717) is 36.1 Å². The highest BCUT2D eigenvalue weighted by Crippen LogP contribution is 2.17. The number of sulfonamides is 1. The van der Waals surface area contributed by atoms with Gasteiger partial charge in [0.2, 0.25) is 10.0 Å². The van der Waals surface area contributed by atoms with Crippen LogP contribution in [0, 0.1) is 0 Å². The molecule has 1 unspecified atom stereocenters. The van der Waals surface area contributed by atoms with E-state index in [1.54, 1.807) is 30.3 Å². The number of benzene rings is 1. The molecule has 1 aromatic heterocycles. The molecule has 150 valence electrons. The van der Waals surface area contributed by atoms with Crippen LogP contribution < -0.4 is 5.32 Å². The maximum atomic E-state index is 12.5. The molecule has 0 fully saturated rings. The molecule has 27 heavy (non-hydrogen) atoms. The lowest BCUT2D eigenvalue weighted by Crippen LogP contribution is -2.30. The topological polar surface area (TPSA) is 88.3 Å². The van der Waals surface area contributed by atoms with Crippen LogP contribution in [0.15, 0.2) is 33.7 Å². The second-order valence-corrected chi connectivity index (χ2v) is 7.87. The molecule has 0 bridgehead atoms. The van der Waals surface area contributed by atoms with Crippen molar-refractivity contribution < 1.29 is 12.9 Å². The van der Waals surface area contributed by atoms with Gasteiger partial charge in [-0.2, -0.15) is 9.29 Å². The fourth-order valence-corrected chi connectivity index (χ4v) is 3.88. The molecule has 1 atom stereocenters. The summed E-state index contributed by atoms with van der Waals surface area (Å²) in [5, 5.41) is 7.06. The molecule has 0 aliphatic carbocycles. The van der Waals surface area contributed by atoms with Crippen LogP contribution >= 0.6 is 12.4 Å². The van der Waals surface area contributed by atoms with E-state index in [9.17, 15) is 8.42 Å². The predicted molar refractivity (Wildman–Crippen MR) is 109 cm³/mol. The van der Waals surface area contributed by atoms with Crippen molar-refractivity contribution in [3.8, 4) is 0 Å². The van der Waals surface area contributed by atoms with E-state index in [2.05, 4.69) is 15.5 Å². The van der Waals surface area contributed by atoms with Gasteiger partial charge in [0.15, 0.2) is 5.82 Å². The molecule has 9 heteroatoms. The van der Waals surface area contributed by atoms with Gasteiger partial charge < -0.3 is 9.84 Å². The Kier molecular flexibility index (Phi) is 9.11. The summed E-state index contributed by atoms with van der Waals surface area (Å²) in [5.74, 6) is 1.07. The minimum Gasteiger partial charge on any atom is -0.335 e. The average molecular weight is 415 g/mol. The lowest BCUT2D eigenvalue weighted by molar-refractivity contribution is 0.400. The first-order valence-electron chi connectivity index (χ1n) is 8.68. The van der Waals surface area contributed by atoms with Crippen molar-refractivity contribution in [2.45, 2.75) is 38.1 Å². The van der Waals surface area contributed by atoms with Gasteiger partial charge in [-0.05, 0) is 37.7 Å². The number of hydrogen-bond acceptors (Lipinski definition) is 6. The molecule has 1 N–H and O–H groups in total. The summed E-state index contributed by atoms with van der Waals surface area (Å²) in [7, 11) is -1.55. The van der Waals surface area contributed by atoms with Gasteiger partial charge in [0.1, 0.15) is 0 Å². The van der Waals surface area contributed by atoms with E-state index in [1.807, 2.05) is 33.9 Å².